The zero-order valence-electron chi connectivity index (χ0n) is 15.4. The van der Waals surface area contributed by atoms with Gasteiger partial charge in [-0.15, -0.1) is 0 Å². The van der Waals surface area contributed by atoms with Gasteiger partial charge in [-0.3, -0.25) is 0 Å². The van der Waals surface area contributed by atoms with E-state index in [4.69, 9.17) is 26.2 Å². The second-order valence-electron chi connectivity index (χ2n) is 6.93. The molecule has 2 aliphatic rings. The van der Waals surface area contributed by atoms with Gasteiger partial charge in [0.2, 0.25) is 6.23 Å². The molecule has 0 saturated heterocycles. The number of para-hydroxylation sites is 1. The molecule has 4 nitrogen and oxygen atoms in total. The van der Waals surface area contributed by atoms with Crippen molar-refractivity contribution in [3.63, 3.8) is 0 Å². The van der Waals surface area contributed by atoms with Crippen LogP contribution in [0.5, 0.6) is 11.5 Å². The highest BCUT2D eigenvalue weighted by Crippen LogP contribution is 2.47. The van der Waals surface area contributed by atoms with E-state index in [9.17, 15) is 0 Å². The Balaban J connectivity index is 1.56. The van der Waals surface area contributed by atoms with E-state index in [0.717, 1.165) is 34.8 Å². The molecule has 2 unspecified atom stereocenters. The monoisotopic (exact) mass is 390 g/mol. The van der Waals surface area contributed by atoms with Crippen LogP contribution >= 0.6 is 11.6 Å². The summed E-state index contributed by atoms with van der Waals surface area (Å²) in [5, 5.41) is 7.75. The van der Waals surface area contributed by atoms with Gasteiger partial charge >= 0.3 is 0 Å². The standard InChI is InChI=1S/C23H19ClN2O2/c1-27-18-12-8-15(9-13-18)20-14-21-19-4-2-3-5-22(19)28-23(26(21)25-20)16-6-10-17(24)11-7-16/h2-13,21,23H,14H2,1H3. The summed E-state index contributed by atoms with van der Waals surface area (Å²) in [4.78, 5) is 0. The summed E-state index contributed by atoms with van der Waals surface area (Å²) < 4.78 is 11.6. The Hall–Kier alpha value is -2.98. The number of halogens is 1. The molecule has 3 aromatic rings. The molecular formula is C23H19ClN2O2. The molecule has 0 N–H and O–H groups in total. The van der Waals surface area contributed by atoms with E-state index >= 15 is 0 Å². The SMILES string of the molecule is COc1ccc(C2=NN3C(C2)c2ccccc2OC3c2ccc(Cl)cc2)cc1. The number of rotatable bonds is 3. The zero-order chi connectivity index (χ0) is 19.1. The van der Waals surface area contributed by atoms with Crippen molar-refractivity contribution in [1.29, 1.82) is 0 Å². The van der Waals surface area contributed by atoms with Crippen molar-refractivity contribution >= 4 is 17.3 Å². The minimum atomic E-state index is -0.284. The average molecular weight is 391 g/mol. The van der Waals surface area contributed by atoms with Gasteiger partial charge in [0.25, 0.3) is 0 Å². The number of methoxy groups -OCH3 is 1. The summed E-state index contributed by atoms with van der Waals surface area (Å²) >= 11 is 6.08. The maximum absolute atomic E-state index is 6.35. The Kier molecular flexibility index (Phi) is 4.21. The molecule has 2 aliphatic heterocycles. The predicted molar refractivity (Wildman–Crippen MR) is 110 cm³/mol. The first-order chi connectivity index (χ1) is 13.7. The number of hydrogen-bond acceptors (Lipinski definition) is 4. The molecule has 0 saturated carbocycles. The zero-order valence-corrected chi connectivity index (χ0v) is 16.1. The van der Waals surface area contributed by atoms with E-state index in [0.29, 0.717) is 5.02 Å². The lowest BCUT2D eigenvalue weighted by molar-refractivity contribution is -0.0190. The molecule has 0 bridgehead atoms. The van der Waals surface area contributed by atoms with Gasteiger partial charge in [0.1, 0.15) is 11.5 Å². The van der Waals surface area contributed by atoms with Gasteiger partial charge in [-0.05, 0) is 48.0 Å². The van der Waals surface area contributed by atoms with Crippen LogP contribution in [0.2, 0.25) is 5.02 Å². The molecule has 5 rings (SSSR count). The van der Waals surface area contributed by atoms with E-state index in [2.05, 4.69) is 23.2 Å². The molecule has 140 valence electrons. The molecule has 5 heteroatoms. The van der Waals surface area contributed by atoms with Gasteiger partial charge in [-0.1, -0.05) is 41.9 Å². The number of hydrazone groups is 1. The molecule has 2 atom stereocenters. The largest absolute Gasteiger partial charge is 0.497 e. The molecule has 0 aromatic heterocycles. The fraction of sp³-hybridized carbons (Fsp3) is 0.174. The van der Waals surface area contributed by atoms with Crippen molar-refractivity contribution in [1.82, 2.24) is 5.01 Å². The predicted octanol–water partition coefficient (Wildman–Crippen LogP) is 5.59. The van der Waals surface area contributed by atoms with Gasteiger partial charge in [0.05, 0.1) is 18.9 Å². The first kappa shape index (κ1) is 17.1. The first-order valence-electron chi connectivity index (χ1n) is 9.24. The maximum Gasteiger partial charge on any atom is 0.213 e. The van der Waals surface area contributed by atoms with Gasteiger partial charge in [0, 0.05) is 22.6 Å². The third kappa shape index (κ3) is 2.90. The lowest BCUT2D eigenvalue weighted by Crippen LogP contribution is -2.33. The lowest BCUT2D eigenvalue weighted by atomic mass is 9.96. The van der Waals surface area contributed by atoms with Crippen LogP contribution < -0.4 is 9.47 Å². The van der Waals surface area contributed by atoms with Crippen molar-refractivity contribution in [3.05, 3.63) is 94.5 Å². The Bertz CT molecular complexity index is 1030. The smallest absolute Gasteiger partial charge is 0.213 e. The first-order valence-corrected chi connectivity index (χ1v) is 9.62. The van der Waals surface area contributed by atoms with Crippen LogP contribution in [0.1, 0.15) is 35.4 Å². The summed E-state index contributed by atoms with van der Waals surface area (Å²) in [5.74, 6) is 1.75. The van der Waals surface area contributed by atoms with Gasteiger partial charge in [-0.25, -0.2) is 5.01 Å². The third-order valence-electron chi connectivity index (χ3n) is 5.28. The van der Waals surface area contributed by atoms with Crippen LogP contribution in [0.15, 0.2) is 77.9 Å². The second-order valence-corrected chi connectivity index (χ2v) is 7.37. The second kappa shape index (κ2) is 6.88. The average Bonchev–Trinajstić information content (AvgIpc) is 3.20. The van der Waals surface area contributed by atoms with Gasteiger partial charge in [0.15, 0.2) is 0 Å². The third-order valence-corrected chi connectivity index (χ3v) is 5.53. The Morgan fingerprint density at radius 3 is 2.50 bits per heavy atom. The highest BCUT2D eigenvalue weighted by atomic mass is 35.5. The molecule has 28 heavy (non-hydrogen) atoms. The van der Waals surface area contributed by atoms with E-state index in [1.54, 1.807) is 7.11 Å². The van der Waals surface area contributed by atoms with Gasteiger partial charge in [-0.2, -0.15) is 5.10 Å². The van der Waals surface area contributed by atoms with E-state index in [1.165, 1.54) is 5.56 Å². The minimum Gasteiger partial charge on any atom is -0.497 e. The Labute approximate surface area is 169 Å². The summed E-state index contributed by atoms with van der Waals surface area (Å²) in [7, 11) is 1.67. The Morgan fingerprint density at radius 2 is 1.75 bits per heavy atom. The van der Waals surface area contributed by atoms with Gasteiger partial charge < -0.3 is 9.47 Å². The van der Waals surface area contributed by atoms with Crippen LogP contribution in [0, 0.1) is 0 Å². The van der Waals surface area contributed by atoms with Crippen LogP contribution in [0.25, 0.3) is 0 Å². The number of nitrogens with zero attached hydrogens (tertiary/aromatic N) is 2. The van der Waals surface area contributed by atoms with Crippen LogP contribution in [-0.2, 0) is 0 Å². The van der Waals surface area contributed by atoms with Crippen molar-refractivity contribution in [3.8, 4) is 11.5 Å². The van der Waals surface area contributed by atoms with Crippen LogP contribution in [-0.4, -0.2) is 17.8 Å². The van der Waals surface area contributed by atoms with Crippen molar-refractivity contribution in [2.24, 2.45) is 5.10 Å². The maximum atomic E-state index is 6.35. The highest BCUT2D eigenvalue weighted by molar-refractivity contribution is 6.30. The molecular weight excluding hydrogens is 372 g/mol. The number of ether oxygens (including phenoxy) is 2. The quantitative estimate of drug-likeness (QED) is 0.584. The fourth-order valence-corrected chi connectivity index (χ4v) is 3.97. The molecule has 0 radical (unpaired) electrons. The van der Waals surface area contributed by atoms with E-state index < -0.39 is 0 Å². The summed E-state index contributed by atoms with van der Waals surface area (Å²) in [6.07, 6.45) is 0.546. The summed E-state index contributed by atoms with van der Waals surface area (Å²) in [5.41, 5.74) is 4.35. The fourth-order valence-electron chi connectivity index (χ4n) is 3.84. The van der Waals surface area contributed by atoms with Crippen LogP contribution in [0.4, 0.5) is 0 Å². The number of fused-ring (bicyclic) bond motifs is 3. The molecule has 2 heterocycles. The molecule has 0 fully saturated rings. The number of hydrogen-bond donors (Lipinski definition) is 0. The summed E-state index contributed by atoms with van der Waals surface area (Å²) in [6.45, 7) is 0. The lowest BCUT2D eigenvalue weighted by Gasteiger charge is -2.38. The topological polar surface area (TPSA) is 34.1 Å². The van der Waals surface area contributed by atoms with Crippen molar-refractivity contribution in [2.45, 2.75) is 18.7 Å². The minimum absolute atomic E-state index is 0.141. The highest BCUT2D eigenvalue weighted by Gasteiger charge is 2.40. The van der Waals surface area contributed by atoms with Crippen molar-refractivity contribution < 1.29 is 9.47 Å². The molecule has 0 spiro atoms. The van der Waals surface area contributed by atoms with E-state index in [1.807, 2.05) is 54.6 Å². The molecule has 3 aromatic carbocycles. The van der Waals surface area contributed by atoms with E-state index in [-0.39, 0.29) is 12.3 Å². The molecule has 0 amide bonds. The molecule has 0 aliphatic carbocycles. The Morgan fingerprint density at radius 1 is 1.00 bits per heavy atom. The number of benzene rings is 3. The normalized spacial score (nSPS) is 20.1. The van der Waals surface area contributed by atoms with Crippen LogP contribution in [0.3, 0.4) is 0 Å². The summed E-state index contributed by atoms with van der Waals surface area (Å²) in [6, 6.07) is 24.2. The van der Waals surface area contributed by atoms with Crippen molar-refractivity contribution in [2.75, 3.05) is 7.11 Å².